The molecule has 0 radical (unpaired) electrons. The minimum Gasteiger partial charge on any atom is -0.489 e. The van der Waals surface area contributed by atoms with Gasteiger partial charge in [-0.3, -0.25) is 4.57 Å². The number of rotatable bonds is 5. The quantitative estimate of drug-likeness (QED) is 0.388. The molecule has 0 amide bonds. The van der Waals surface area contributed by atoms with Crippen LogP contribution in [0.2, 0.25) is 0 Å². The van der Waals surface area contributed by atoms with E-state index in [0.29, 0.717) is 13.2 Å². The third-order valence-electron chi connectivity index (χ3n) is 4.16. The number of nitrogens with zero attached hydrogens (tertiary/aromatic N) is 4. The fourth-order valence-electron chi connectivity index (χ4n) is 2.92. The van der Waals surface area contributed by atoms with Crippen LogP contribution in [0, 0.1) is 0 Å². The number of hydrazone groups is 1. The molecule has 3 aromatic rings. The Balaban J connectivity index is 1.54. The highest BCUT2D eigenvalue weighted by Crippen LogP contribution is 2.31. The highest BCUT2D eigenvalue weighted by atomic mass is 16.6. The summed E-state index contributed by atoms with van der Waals surface area (Å²) in [5.74, 6) is 2.95. The first-order valence-corrected chi connectivity index (χ1v) is 9.05. The number of hydrogen-bond acceptors (Lipinski definition) is 6. The molecule has 7 heteroatoms. The Morgan fingerprint density at radius 1 is 1.18 bits per heavy atom. The molecule has 4 rings (SSSR count). The van der Waals surface area contributed by atoms with E-state index in [2.05, 4.69) is 10.1 Å². The van der Waals surface area contributed by atoms with Gasteiger partial charge in [-0.15, -0.1) is 0 Å². The van der Waals surface area contributed by atoms with Crippen LogP contribution in [0.5, 0.6) is 17.2 Å². The van der Waals surface area contributed by atoms with Crippen molar-refractivity contribution < 1.29 is 14.2 Å². The van der Waals surface area contributed by atoms with Crippen molar-refractivity contribution in [2.24, 2.45) is 5.10 Å². The molecular weight excluding hydrogens is 356 g/mol. The van der Waals surface area contributed by atoms with Crippen molar-refractivity contribution in [1.29, 1.82) is 0 Å². The summed E-state index contributed by atoms with van der Waals surface area (Å²) in [5.41, 5.74) is 0.867. The summed E-state index contributed by atoms with van der Waals surface area (Å²) >= 11 is 0. The standard InChI is InChI=1S/C21H22N4O3/c1-24(2)23-21(25-12-11-22-15-25)17-7-3-4-8-18(17)26-13-16-14-27-19-9-5-6-10-20(19)28-16/h3-12,15-16H,13-14H2,1-2H3. The first kappa shape index (κ1) is 17.9. The zero-order chi connectivity index (χ0) is 19.3. The lowest BCUT2D eigenvalue weighted by Gasteiger charge is -2.26. The maximum atomic E-state index is 6.11. The number of fused-ring (bicyclic) bond motifs is 1. The predicted molar refractivity (Wildman–Crippen MR) is 106 cm³/mol. The van der Waals surface area contributed by atoms with Crippen LogP contribution in [0.25, 0.3) is 0 Å². The Hall–Kier alpha value is -3.48. The van der Waals surface area contributed by atoms with Gasteiger partial charge in [-0.25, -0.2) is 4.98 Å². The molecular formula is C21H22N4O3. The third-order valence-corrected chi connectivity index (χ3v) is 4.16. The lowest BCUT2D eigenvalue weighted by Crippen LogP contribution is -2.34. The summed E-state index contributed by atoms with van der Waals surface area (Å²) in [4.78, 5) is 4.13. The minimum atomic E-state index is -0.189. The van der Waals surface area contributed by atoms with E-state index in [1.165, 1.54) is 0 Å². The van der Waals surface area contributed by atoms with Crippen molar-refractivity contribution in [2.75, 3.05) is 27.3 Å². The first-order chi connectivity index (χ1) is 13.7. The van der Waals surface area contributed by atoms with Crippen LogP contribution in [0.3, 0.4) is 0 Å². The summed E-state index contributed by atoms with van der Waals surface area (Å²) in [5, 5.41) is 6.36. The van der Waals surface area contributed by atoms with E-state index in [9.17, 15) is 0 Å². The van der Waals surface area contributed by atoms with Gasteiger partial charge in [0.05, 0.1) is 5.56 Å². The molecule has 1 aromatic heterocycles. The van der Waals surface area contributed by atoms with Crippen LogP contribution in [-0.2, 0) is 0 Å². The Morgan fingerprint density at radius 2 is 1.96 bits per heavy atom. The second-order valence-electron chi connectivity index (χ2n) is 6.55. The monoisotopic (exact) mass is 378 g/mol. The molecule has 144 valence electrons. The molecule has 0 saturated heterocycles. The number of imidazole rings is 1. The van der Waals surface area contributed by atoms with E-state index < -0.39 is 0 Å². The van der Waals surface area contributed by atoms with Crippen molar-refractivity contribution in [3.8, 4) is 17.2 Å². The van der Waals surface area contributed by atoms with Crippen molar-refractivity contribution in [3.63, 3.8) is 0 Å². The molecule has 2 aromatic carbocycles. The molecule has 0 N–H and O–H groups in total. The second-order valence-corrected chi connectivity index (χ2v) is 6.55. The van der Waals surface area contributed by atoms with E-state index in [0.717, 1.165) is 28.6 Å². The number of para-hydroxylation sites is 3. The normalized spacial score (nSPS) is 15.9. The molecule has 0 aliphatic carbocycles. The highest BCUT2D eigenvalue weighted by Gasteiger charge is 2.22. The first-order valence-electron chi connectivity index (χ1n) is 9.05. The topological polar surface area (TPSA) is 61.1 Å². The highest BCUT2D eigenvalue weighted by molar-refractivity contribution is 6.02. The van der Waals surface area contributed by atoms with E-state index in [1.54, 1.807) is 17.5 Å². The molecule has 28 heavy (non-hydrogen) atoms. The van der Waals surface area contributed by atoms with E-state index in [1.807, 2.05) is 73.4 Å². The summed E-state index contributed by atoms with van der Waals surface area (Å²) in [6.45, 7) is 0.809. The van der Waals surface area contributed by atoms with Gasteiger partial charge in [0.25, 0.3) is 0 Å². The maximum absolute atomic E-state index is 6.11. The van der Waals surface area contributed by atoms with Crippen molar-refractivity contribution in [1.82, 2.24) is 14.6 Å². The lowest BCUT2D eigenvalue weighted by molar-refractivity contribution is 0.0535. The molecule has 0 saturated carbocycles. The molecule has 7 nitrogen and oxygen atoms in total. The summed E-state index contributed by atoms with van der Waals surface area (Å²) in [6.07, 6.45) is 5.10. The molecule has 0 spiro atoms. The van der Waals surface area contributed by atoms with Crippen molar-refractivity contribution >= 4 is 5.84 Å². The van der Waals surface area contributed by atoms with E-state index in [4.69, 9.17) is 14.2 Å². The predicted octanol–water partition coefficient (Wildman–Crippen LogP) is 2.87. The minimum absolute atomic E-state index is 0.189. The molecule has 1 aliphatic rings. The van der Waals surface area contributed by atoms with Crippen LogP contribution in [0.4, 0.5) is 0 Å². The zero-order valence-electron chi connectivity index (χ0n) is 15.9. The van der Waals surface area contributed by atoms with Gasteiger partial charge in [0.15, 0.2) is 23.4 Å². The van der Waals surface area contributed by atoms with Crippen LogP contribution in [-0.4, -0.2) is 53.8 Å². The summed E-state index contributed by atoms with van der Waals surface area (Å²) in [7, 11) is 3.76. The van der Waals surface area contributed by atoms with Gasteiger partial charge in [0, 0.05) is 26.5 Å². The van der Waals surface area contributed by atoms with Gasteiger partial charge >= 0.3 is 0 Å². The average molecular weight is 378 g/mol. The third kappa shape index (κ3) is 3.93. The van der Waals surface area contributed by atoms with Crippen LogP contribution < -0.4 is 14.2 Å². The Bertz CT molecular complexity index is 954. The van der Waals surface area contributed by atoms with Gasteiger partial charge in [0.2, 0.25) is 0 Å². The number of hydrogen-bond donors (Lipinski definition) is 0. The van der Waals surface area contributed by atoms with Crippen molar-refractivity contribution in [3.05, 3.63) is 72.8 Å². The number of aromatic nitrogens is 2. The van der Waals surface area contributed by atoms with Gasteiger partial charge in [-0.1, -0.05) is 24.3 Å². The van der Waals surface area contributed by atoms with Gasteiger partial charge in [-0.2, -0.15) is 5.10 Å². The smallest absolute Gasteiger partial charge is 0.168 e. The van der Waals surface area contributed by atoms with Gasteiger partial charge < -0.3 is 19.2 Å². The molecule has 1 aliphatic heterocycles. The number of ether oxygens (including phenoxy) is 3. The van der Waals surface area contributed by atoms with Gasteiger partial charge in [0.1, 0.15) is 25.3 Å². The van der Waals surface area contributed by atoms with Crippen LogP contribution in [0.1, 0.15) is 5.56 Å². The van der Waals surface area contributed by atoms with Crippen LogP contribution >= 0.6 is 0 Å². The fourth-order valence-corrected chi connectivity index (χ4v) is 2.92. The summed E-state index contributed by atoms with van der Waals surface area (Å²) in [6, 6.07) is 15.5. The molecule has 0 bridgehead atoms. The van der Waals surface area contributed by atoms with E-state index in [-0.39, 0.29) is 6.10 Å². The second kappa shape index (κ2) is 8.04. The largest absolute Gasteiger partial charge is 0.489 e. The number of benzene rings is 2. The molecule has 1 atom stereocenters. The summed E-state index contributed by atoms with van der Waals surface area (Å²) < 4.78 is 19.7. The van der Waals surface area contributed by atoms with E-state index >= 15 is 0 Å². The Labute approximate surface area is 163 Å². The van der Waals surface area contributed by atoms with Crippen LogP contribution in [0.15, 0.2) is 72.4 Å². The maximum Gasteiger partial charge on any atom is 0.168 e. The molecule has 0 fully saturated rings. The lowest BCUT2D eigenvalue weighted by atomic mass is 10.1. The fraction of sp³-hybridized carbons (Fsp3) is 0.238. The molecule has 2 heterocycles. The Kier molecular flexibility index (Phi) is 5.14. The van der Waals surface area contributed by atoms with Gasteiger partial charge in [-0.05, 0) is 24.3 Å². The average Bonchev–Trinajstić information content (AvgIpc) is 3.25. The van der Waals surface area contributed by atoms with Crippen molar-refractivity contribution in [2.45, 2.75) is 6.10 Å². The SMILES string of the molecule is CN(C)N=C(c1ccccc1OCC1COc2ccccc2O1)n1ccnc1. The molecule has 1 unspecified atom stereocenters. The Morgan fingerprint density at radius 3 is 2.75 bits per heavy atom. The zero-order valence-corrected chi connectivity index (χ0v) is 15.9.